The fourth-order valence-electron chi connectivity index (χ4n) is 1.81. The molecule has 0 aliphatic heterocycles. The fraction of sp³-hybridized carbons (Fsp3) is 0.571. The number of nitriles is 1. The van der Waals surface area contributed by atoms with Crippen molar-refractivity contribution in [2.24, 2.45) is 5.41 Å². The average Bonchev–Trinajstić information content (AvgIpc) is 2.37. The van der Waals surface area contributed by atoms with Gasteiger partial charge in [0.2, 0.25) is 0 Å². The van der Waals surface area contributed by atoms with Crippen molar-refractivity contribution in [3.05, 3.63) is 26.6 Å². The molecule has 2 N–H and O–H groups in total. The molecule has 104 valence electrons. The summed E-state index contributed by atoms with van der Waals surface area (Å²) in [5.41, 5.74) is 6.91. The van der Waals surface area contributed by atoms with Crippen LogP contribution in [0.5, 0.6) is 0 Å². The predicted molar refractivity (Wildman–Crippen MR) is 80.8 cm³/mol. The van der Waals surface area contributed by atoms with E-state index in [9.17, 15) is 4.79 Å². The van der Waals surface area contributed by atoms with E-state index in [4.69, 9.17) is 11.0 Å². The maximum absolute atomic E-state index is 12.0. The minimum atomic E-state index is -0.294. The summed E-state index contributed by atoms with van der Waals surface area (Å²) in [7, 11) is 0. The van der Waals surface area contributed by atoms with E-state index < -0.39 is 0 Å². The molecule has 0 unspecified atom stereocenters. The van der Waals surface area contributed by atoms with Gasteiger partial charge < -0.3 is 10.3 Å². The molecule has 0 atom stereocenters. The number of halogens is 1. The lowest BCUT2D eigenvalue weighted by Gasteiger charge is -2.15. The number of rotatable bonds is 5. The van der Waals surface area contributed by atoms with E-state index in [1.54, 1.807) is 10.8 Å². The number of pyridine rings is 1. The van der Waals surface area contributed by atoms with Crippen LogP contribution in [0.2, 0.25) is 0 Å². The Kier molecular flexibility index (Phi) is 5.19. The smallest absolute Gasteiger partial charge is 0.265 e. The van der Waals surface area contributed by atoms with Crippen molar-refractivity contribution in [3.8, 4) is 6.07 Å². The molecule has 0 saturated heterocycles. The van der Waals surface area contributed by atoms with Crippen LogP contribution >= 0.6 is 15.9 Å². The quantitative estimate of drug-likeness (QED) is 0.845. The molecule has 4 nitrogen and oxygen atoms in total. The normalized spacial score (nSPS) is 11.3. The van der Waals surface area contributed by atoms with Gasteiger partial charge >= 0.3 is 0 Å². The molecule has 1 heterocycles. The minimum absolute atomic E-state index is 0.0498. The maximum atomic E-state index is 12.0. The van der Waals surface area contributed by atoms with Crippen LogP contribution in [0, 0.1) is 23.7 Å². The molecule has 1 aromatic heterocycles. The van der Waals surface area contributed by atoms with E-state index in [0.29, 0.717) is 16.7 Å². The lowest BCUT2D eigenvalue weighted by Crippen LogP contribution is -2.22. The lowest BCUT2D eigenvalue weighted by molar-refractivity contribution is 0.415. The number of nitrogen functional groups attached to an aromatic ring is 1. The summed E-state index contributed by atoms with van der Waals surface area (Å²) in [6.07, 6.45) is 4.30. The predicted octanol–water partition coefficient (Wildman–Crippen LogP) is 3.22. The van der Waals surface area contributed by atoms with Crippen LogP contribution in [0.15, 0.2) is 15.5 Å². The van der Waals surface area contributed by atoms with Gasteiger partial charge in [0, 0.05) is 12.7 Å². The standard InChI is InChI=1S/C14H20BrN3O/c1-10-11(17)8-18(13(19)12(10)15)7-5-4-6-14(2,3)9-16/h8H,4-7,17H2,1-3H3. The molecular formula is C14H20BrN3O. The monoisotopic (exact) mass is 325 g/mol. The van der Waals surface area contributed by atoms with Gasteiger partial charge in [-0.05, 0) is 55.1 Å². The Hall–Kier alpha value is -1.28. The Morgan fingerprint density at radius 2 is 2.11 bits per heavy atom. The Morgan fingerprint density at radius 3 is 2.68 bits per heavy atom. The highest BCUT2D eigenvalue weighted by molar-refractivity contribution is 9.10. The summed E-state index contributed by atoms with van der Waals surface area (Å²) in [5, 5.41) is 8.93. The number of aromatic nitrogens is 1. The van der Waals surface area contributed by atoms with Crippen LogP contribution in [-0.2, 0) is 6.54 Å². The molecule has 0 saturated carbocycles. The molecule has 19 heavy (non-hydrogen) atoms. The lowest BCUT2D eigenvalue weighted by atomic mass is 9.89. The van der Waals surface area contributed by atoms with Gasteiger partial charge in [0.15, 0.2) is 0 Å². The molecule has 0 aliphatic rings. The summed E-state index contributed by atoms with van der Waals surface area (Å²) in [6.45, 7) is 6.31. The topological polar surface area (TPSA) is 71.8 Å². The van der Waals surface area contributed by atoms with Crippen LogP contribution in [0.1, 0.15) is 38.7 Å². The Labute approximate surface area is 122 Å². The first-order valence-electron chi connectivity index (χ1n) is 6.35. The van der Waals surface area contributed by atoms with Crippen molar-refractivity contribution >= 4 is 21.6 Å². The second kappa shape index (κ2) is 6.25. The Balaban J connectivity index is 2.66. The van der Waals surface area contributed by atoms with E-state index in [1.807, 2.05) is 20.8 Å². The van der Waals surface area contributed by atoms with Crippen LogP contribution in [-0.4, -0.2) is 4.57 Å². The molecule has 0 radical (unpaired) electrons. The highest BCUT2D eigenvalue weighted by Gasteiger charge is 2.15. The number of anilines is 1. The third-order valence-corrected chi connectivity index (χ3v) is 4.19. The molecule has 0 amide bonds. The molecular weight excluding hydrogens is 306 g/mol. The molecule has 1 aromatic rings. The van der Waals surface area contributed by atoms with E-state index in [1.165, 1.54) is 0 Å². The maximum Gasteiger partial charge on any atom is 0.265 e. The van der Waals surface area contributed by atoms with E-state index in [0.717, 1.165) is 24.8 Å². The van der Waals surface area contributed by atoms with Gasteiger partial charge in [-0.25, -0.2) is 0 Å². The SMILES string of the molecule is Cc1c(N)cn(CCCCC(C)(C)C#N)c(=O)c1Br. The molecule has 5 heteroatoms. The van der Waals surface area contributed by atoms with E-state index in [-0.39, 0.29) is 11.0 Å². The minimum Gasteiger partial charge on any atom is -0.397 e. The molecule has 0 aromatic carbocycles. The zero-order valence-corrected chi connectivity index (χ0v) is 13.2. The first-order chi connectivity index (χ1) is 8.78. The second-order valence-electron chi connectivity index (χ2n) is 5.47. The zero-order chi connectivity index (χ0) is 14.6. The fourth-order valence-corrected chi connectivity index (χ4v) is 2.26. The highest BCUT2D eigenvalue weighted by atomic mass is 79.9. The number of nitrogens with two attached hydrogens (primary N) is 1. The zero-order valence-electron chi connectivity index (χ0n) is 11.7. The molecule has 0 spiro atoms. The van der Waals surface area contributed by atoms with Crippen molar-refractivity contribution in [1.82, 2.24) is 4.57 Å². The van der Waals surface area contributed by atoms with Gasteiger partial charge in [-0.1, -0.05) is 6.42 Å². The van der Waals surface area contributed by atoms with Crippen molar-refractivity contribution in [2.75, 3.05) is 5.73 Å². The number of hydrogen-bond donors (Lipinski definition) is 1. The van der Waals surface area contributed by atoms with Gasteiger partial charge in [-0.15, -0.1) is 0 Å². The third kappa shape index (κ3) is 4.10. The summed E-state index contributed by atoms with van der Waals surface area (Å²) in [5.74, 6) is 0. The van der Waals surface area contributed by atoms with Crippen molar-refractivity contribution < 1.29 is 0 Å². The number of aryl methyl sites for hydroxylation is 1. The molecule has 1 rings (SSSR count). The van der Waals surface area contributed by atoms with Crippen molar-refractivity contribution in [2.45, 2.75) is 46.6 Å². The summed E-state index contributed by atoms with van der Waals surface area (Å²) in [4.78, 5) is 12.0. The van der Waals surface area contributed by atoms with Crippen LogP contribution in [0.4, 0.5) is 5.69 Å². The molecule has 0 fully saturated rings. The second-order valence-corrected chi connectivity index (χ2v) is 6.27. The average molecular weight is 326 g/mol. The van der Waals surface area contributed by atoms with E-state index in [2.05, 4.69) is 22.0 Å². The summed E-state index contributed by atoms with van der Waals surface area (Å²) < 4.78 is 2.16. The largest absolute Gasteiger partial charge is 0.397 e. The van der Waals surface area contributed by atoms with Crippen LogP contribution < -0.4 is 11.3 Å². The number of nitrogens with zero attached hydrogens (tertiary/aromatic N) is 2. The first kappa shape index (κ1) is 15.8. The molecule has 0 aliphatic carbocycles. The summed E-state index contributed by atoms with van der Waals surface area (Å²) >= 11 is 3.28. The van der Waals surface area contributed by atoms with Crippen LogP contribution in [0.3, 0.4) is 0 Å². The first-order valence-corrected chi connectivity index (χ1v) is 7.14. The van der Waals surface area contributed by atoms with E-state index >= 15 is 0 Å². The highest BCUT2D eigenvalue weighted by Crippen LogP contribution is 2.22. The Bertz CT molecular complexity index is 555. The van der Waals surface area contributed by atoms with Gasteiger partial charge in [0.05, 0.1) is 21.6 Å². The van der Waals surface area contributed by atoms with Gasteiger partial charge in [-0.3, -0.25) is 4.79 Å². The van der Waals surface area contributed by atoms with Gasteiger partial charge in [0.25, 0.3) is 5.56 Å². The van der Waals surface area contributed by atoms with Crippen LogP contribution in [0.25, 0.3) is 0 Å². The van der Waals surface area contributed by atoms with Crippen molar-refractivity contribution in [3.63, 3.8) is 0 Å². The summed E-state index contributed by atoms with van der Waals surface area (Å²) in [6, 6.07) is 2.28. The number of unbranched alkanes of at least 4 members (excludes halogenated alkanes) is 1. The Morgan fingerprint density at radius 1 is 1.47 bits per heavy atom. The number of hydrogen-bond acceptors (Lipinski definition) is 3. The third-order valence-electron chi connectivity index (χ3n) is 3.26. The van der Waals surface area contributed by atoms with Gasteiger partial charge in [-0.2, -0.15) is 5.26 Å². The van der Waals surface area contributed by atoms with Gasteiger partial charge in [0.1, 0.15) is 0 Å². The molecule has 0 bridgehead atoms. The van der Waals surface area contributed by atoms with Crippen molar-refractivity contribution in [1.29, 1.82) is 5.26 Å².